The Bertz CT molecular complexity index is 2320. The summed E-state index contributed by atoms with van der Waals surface area (Å²) >= 11 is 0. The van der Waals surface area contributed by atoms with E-state index in [1.807, 2.05) is 18.2 Å². The average molecular weight is 798 g/mol. The van der Waals surface area contributed by atoms with Crippen LogP contribution < -0.4 is 24.6 Å². The van der Waals surface area contributed by atoms with Crippen molar-refractivity contribution < 1.29 is 38.1 Å². The molecule has 302 valence electrons. The van der Waals surface area contributed by atoms with Crippen molar-refractivity contribution in [3.8, 4) is 11.5 Å². The first-order chi connectivity index (χ1) is 26.8. The number of anilines is 4. The van der Waals surface area contributed by atoms with Crippen LogP contribution in [0.5, 0.6) is 11.5 Å². The van der Waals surface area contributed by atoms with Crippen LogP contribution in [0.15, 0.2) is 36.4 Å². The molecule has 4 aliphatic rings. The number of carbonyl (C=O) groups excluding carboxylic acids is 2. The molecule has 8 rings (SSSR count). The lowest BCUT2D eigenvalue weighted by Crippen LogP contribution is -2.58. The predicted molar refractivity (Wildman–Crippen MR) is 217 cm³/mol. The smallest absolute Gasteiger partial charge is 0.435 e. The number of amides is 2. The molecule has 2 saturated carbocycles. The summed E-state index contributed by atoms with van der Waals surface area (Å²) in [5, 5.41) is 18.9. The van der Waals surface area contributed by atoms with Gasteiger partial charge in [-0.2, -0.15) is 4.68 Å². The lowest BCUT2D eigenvalue weighted by molar-refractivity contribution is -0.119. The fraction of sp³-hybridized carbons (Fsp3) is 0.512. The van der Waals surface area contributed by atoms with Crippen LogP contribution >= 0.6 is 0 Å². The second kappa shape index (κ2) is 13.2. The van der Waals surface area contributed by atoms with Crippen LogP contribution in [-0.4, -0.2) is 90.3 Å². The number of hydrogen-bond donors (Lipinski definition) is 2. The van der Waals surface area contributed by atoms with Crippen LogP contribution in [0.2, 0.25) is 18.1 Å². The van der Waals surface area contributed by atoms with E-state index in [2.05, 4.69) is 44.1 Å². The maximum absolute atomic E-state index is 13.9. The minimum atomic E-state index is -1.97. The molecule has 2 aliphatic heterocycles. The monoisotopic (exact) mass is 797 g/mol. The Kier molecular flexibility index (Phi) is 8.92. The third kappa shape index (κ3) is 6.55. The van der Waals surface area contributed by atoms with Gasteiger partial charge in [0, 0.05) is 30.3 Å². The molecule has 2 N–H and O–H groups in total. The zero-order chi connectivity index (χ0) is 41.0. The van der Waals surface area contributed by atoms with Crippen LogP contribution in [-0.2, 0) is 19.4 Å². The van der Waals surface area contributed by atoms with Gasteiger partial charge in [0.15, 0.2) is 25.8 Å². The van der Waals surface area contributed by atoms with E-state index in [1.54, 1.807) is 46.1 Å². The summed E-state index contributed by atoms with van der Waals surface area (Å²) in [6.07, 6.45) is 0.430. The molecule has 1 saturated heterocycles. The molecule has 2 aromatic heterocycles. The van der Waals surface area contributed by atoms with Gasteiger partial charge in [-0.3, -0.25) is 4.79 Å². The molecule has 0 bridgehead atoms. The van der Waals surface area contributed by atoms with E-state index in [9.17, 15) is 19.5 Å². The van der Waals surface area contributed by atoms with Gasteiger partial charge in [0.1, 0.15) is 17.2 Å². The lowest BCUT2D eigenvalue weighted by atomic mass is 9.91. The summed E-state index contributed by atoms with van der Waals surface area (Å²) in [6.45, 7) is 17.9. The Balaban J connectivity index is 1.16. The summed E-state index contributed by atoms with van der Waals surface area (Å²) in [5.41, 5.74) is 0.209. The lowest BCUT2D eigenvalue weighted by Gasteiger charge is -2.47. The fourth-order valence-corrected chi connectivity index (χ4v) is 9.09. The molecule has 4 aromatic rings. The van der Waals surface area contributed by atoms with Crippen molar-refractivity contribution >= 4 is 60.5 Å². The SMILES string of the molecule is COc1ccc2c(c1)[C@]1(C[C@H]1c1ccc3c(Nc4nc(C5CC5)nc(N5CC(O[Si](C)(C)C(C)(C)C)C5)c4OC)nn(C(=O)OC(C)(C)C)c3c1)C(=O)N2C(=O)O. The van der Waals surface area contributed by atoms with Gasteiger partial charge in [-0.05, 0) is 99.6 Å². The van der Waals surface area contributed by atoms with Gasteiger partial charge >= 0.3 is 12.2 Å². The van der Waals surface area contributed by atoms with Crippen LogP contribution in [0.3, 0.4) is 0 Å². The van der Waals surface area contributed by atoms with Gasteiger partial charge < -0.3 is 34.0 Å². The molecule has 0 radical (unpaired) electrons. The molecule has 2 amide bonds. The van der Waals surface area contributed by atoms with Gasteiger partial charge in [-0.15, -0.1) is 5.10 Å². The van der Waals surface area contributed by atoms with E-state index in [0.29, 0.717) is 76.4 Å². The van der Waals surface area contributed by atoms with Crippen molar-refractivity contribution in [3.05, 3.63) is 53.3 Å². The minimum absolute atomic E-state index is 0.0851. The van der Waals surface area contributed by atoms with E-state index in [0.717, 1.165) is 23.3 Å². The highest BCUT2D eigenvalue weighted by atomic mass is 28.4. The number of carboxylic acid groups (broad SMARTS) is 1. The van der Waals surface area contributed by atoms with Crippen LogP contribution in [0, 0.1) is 0 Å². The first kappa shape index (κ1) is 38.6. The number of ether oxygens (including phenoxy) is 3. The van der Waals surface area contributed by atoms with Gasteiger partial charge in [0.2, 0.25) is 11.7 Å². The number of imide groups is 1. The van der Waals surface area contributed by atoms with Crippen molar-refractivity contribution in [3.63, 3.8) is 0 Å². The van der Waals surface area contributed by atoms with Crippen molar-refractivity contribution in [2.75, 3.05) is 42.4 Å². The van der Waals surface area contributed by atoms with Crippen LogP contribution in [0.1, 0.15) is 89.6 Å². The molecule has 2 aromatic carbocycles. The molecule has 4 heterocycles. The van der Waals surface area contributed by atoms with Gasteiger partial charge in [-0.1, -0.05) is 26.8 Å². The highest BCUT2D eigenvalue weighted by molar-refractivity contribution is 6.74. The van der Waals surface area contributed by atoms with Gasteiger partial charge in [-0.25, -0.2) is 24.5 Å². The van der Waals surface area contributed by atoms with E-state index >= 15 is 0 Å². The largest absolute Gasteiger partial charge is 0.497 e. The Labute approximate surface area is 332 Å². The molecule has 0 unspecified atom stereocenters. The van der Waals surface area contributed by atoms with E-state index < -0.39 is 37.4 Å². The number of carbonyl (C=O) groups is 3. The average Bonchev–Trinajstić information content (AvgIpc) is 4.04. The number of hydrogen-bond acceptors (Lipinski definition) is 12. The predicted octanol–water partition coefficient (Wildman–Crippen LogP) is 7.91. The maximum atomic E-state index is 13.9. The van der Waals surface area contributed by atoms with Gasteiger partial charge in [0.25, 0.3) is 0 Å². The number of benzene rings is 2. The molecular formula is C41H51N7O8Si. The summed E-state index contributed by atoms with van der Waals surface area (Å²) in [4.78, 5) is 52.9. The van der Waals surface area contributed by atoms with Crippen LogP contribution in [0.4, 0.5) is 32.7 Å². The molecular weight excluding hydrogens is 747 g/mol. The Hall–Kier alpha value is -5.22. The Morgan fingerprint density at radius 2 is 1.68 bits per heavy atom. The van der Waals surface area contributed by atoms with E-state index in [1.165, 1.54) is 11.8 Å². The summed E-state index contributed by atoms with van der Waals surface area (Å²) in [6, 6.07) is 10.6. The molecule has 3 fully saturated rings. The normalized spacial score (nSPS) is 20.8. The second-order valence-corrected chi connectivity index (χ2v) is 22.9. The molecule has 2 atom stereocenters. The summed E-state index contributed by atoms with van der Waals surface area (Å²) in [7, 11) is 1.15. The number of methoxy groups -OCH3 is 2. The molecule has 15 nitrogen and oxygen atoms in total. The quantitative estimate of drug-likeness (QED) is 0.157. The van der Waals surface area contributed by atoms with Crippen LogP contribution in [0.25, 0.3) is 10.9 Å². The van der Waals surface area contributed by atoms with E-state index in [-0.39, 0.29) is 23.0 Å². The Morgan fingerprint density at radius 1 is 0.965 bits per heavy atom. The van der Waals surface area contributed by atoms with Crippen molar-refractivity contribution in [1.82, 2.24) is 19.7 Å². The first-order valence-corrected chi connectivity index (χ1v) is 22.3. The number of aromatic nitrogens is 4. The number of rotatable bonds is 9. The van der Waals surface area contributed by atoms with E-state index in [4.69, 9.17) is 33.7 Å². The van der Waals surface area contributed by atoms with Crippen molar-refractivity contribution in [2.45, 2.75) is 108 Å². The highest BCUT2D eigenvalue weighted by Crippen LogP contribution is 2.67. The summed E-state index contributed by atoms with van der Waals surface area (Å²) in [5.74, 6) is 2.51. The van der Waals surface area contributed by atoms with Crippen molar-refractivity contribution in [1.29, 1.82) is 0 Å². The first-order valence-electron chi connectivity index (χ1n) is 19.4. The molecule has 16 heteroatoms. The third-order valence-electron chi connectivity index (χ3n) is 12.0. The zero-order valence-electron chi connectivity index (χ0n) is 34.2. The standard InChI is InChI=1S/C41H51N7O8Si/c1-39(2,3)55-38(52)48-30-17-23(28-19-41(28)27-18-24(53-7)14-16-29(27)47(36(41)49)37(50)51)13-15-26(30)33(45-48)43-34-31(54-8)35(44-32(42-34)22-11-12-22)46-20-25(21-46)56-57(9,10)40(4,5)6/h13-18,22,25,28H,11-12,19-21H2,1-10H3,(H,50,51)(H,42,43,44,45)/t28-,41-/m0/s1. The number of nitrogens with one attached hydrogen (secondary N) is 1. The fourth-order valence-electron chi connectivity index (χ4n) is 7.75. The van der Waals surface area contributed by atoms with Crippen molar-refractivity contribution in [2.24, 2.45) is 0 Å². The number of fused-ring (bicyclic) bond motifs is 3. The molecule has 57 heavy (non-hydrogen) atoms. The number of nitrogens with zero attached hydrogens (tertiary/aromatic N) is 6. The molecule has 1 spiro atoms. The van der Waals surface area contributed by atoms with Gasteiger partial charge in [0.05, 0.1) is 36.9 Å². The Morgan fingerprint density at radius 3 is 2.30 bits per heavy atom. The highest BCUT2D eigenvalue weighted by Gasteiger charge is 2.68. The second-order valence-electron chi connectivity index (χ2n) is 18.1. The third-order valence-corrected chi connectivity index (χ3v) is 16.5. The minimum Gasteiger partial charge on any atom is -0.497 e. The zero-order valence-corrected chi connectivity index (χ0v) is 35.2. The topological polar surface area (TPSA) is 170 Å². The molecule has 2 aliphatic carbocycles. The maximum Gasteiger partial charge on any atom is 0.435 e. The summed E-state index contributed by atoms with van der Waals surface area (Å²) < 4.78 is 25.2.